The van der Waals surface area contributed by atoms with Crippen LogP contribution in [-0.2, 0) is 18.3 Å². The first-order valence-electron chi connectivity index (χ1n) is 5.97. The minimum atomic E-state index is -0.391. The number of benzene rings is 1. The fourth-order valence-corrected chi connectivity index (χ4v) is 1.79. The lowest BCUT2D eigenvalue weighted by molar-refractivity contribution is -0.120. The largest absolute Gasteiger partial charge is 0.419 e. The van der Waals surface area contributed by atoms with Gasteiger partial charge in [0.05, 0.1) is 11.9 Å². The normalized spacial score (nSPS) is 10.8. The van der Waals surface area contributed by atoms with Crippen LogP contribution in [0.2, 0.25) is 0 Å². The van der Waals surface area contributed by atoms with E-state index in [0.717, 1.165) is 12.0 Å². The Bertz CT molecular complexity index is 625. The lowest BCUT2D eigenvalue weighted by Crippen LogP contribution is -2.25. The molecule has 1 N–H and O–H groups in total. The van der Waals surface area contributed by atoms with Gasteiger partial charge in [-0.2, -0.15) is 0 Å². The Balaban J connectivity index is 2.22. The van der Waals surface area contributed by atoms with Crippen LogP contribution in [0.4, 0.5) is 0 Å². The van der Waals surface area contributed by atoms with E-state index < -0.39 is 5.76 Å². The molecule has 0 radical (unpaired) electrons. The van der Waals surface area contributed by atoms with Crippen molar-refractivity contribution in [3.05, 3.63) is 34.3 Å². The number of fused-ring (bicyclic) bond motifs is 1. The lowest BCUT2D eigenvalue weighted by atomic mass is 10.1. The number of carbonyl (C=O) groups is 1. The van der Waals surface area contributed by atoms with E-state index in [2.05, 4.69) is 5.32 Å². The molecule has 0 atom stereocenters. The summed E-state index contributed by atoms with van der Waals surface area (Å²) in [7, 11) is 1.65. The number of hydrogen-bond donors (Lipinski definition) is 1. The van der Waals surface area contributed by atoms with Crippen LogP contribution in [0.25, 0.3) is 11.1 Å². The summed E-state index contributed by atoms with van der Waals surface area (Å²) < 4.78 is 6.46. The third kappa shape index (κ3) is 2.45. The monoisotopic (exact) mass is 248 g/mol. The van der Waals surface area contributed by atoms with Crippen molar-refractivity contribution in [3.63, 3.8) is 0 Å². The van der Waals surface area contributed by atoms with E-state index in [9.17, 15) is 9.59 Å². The Morgan fingerprint density at radius 2 is 2.22 bits per heavy atom. The third-order valence-corrected chi connectivity index (χ3v) is 2.79. The number of aromatic nitrogens is 1. The Hall–Kier alpha value is -2.04. The SMILES string of the molecule is CCCNC(=O)Cc1ccc2oc(=O)n(C)c2c1. The van der Waals surface area contributed by atoms with Crippen LogP contribution in [0.3, 0.4) is 0 Å². The summed E-state index contributed by atoms with van der Waals surface area (Å²) in [6.07, 6.45) is 1.23. The summed E-state index contributed by atoms with van der Waals surface area (Å²) in [5.41, 5.74) is 2.12. The molecule has 0 fully saturated rings. The Labute approximate surface area is 104 Å². The first kappa shape index (κ1) is 12.4. The van der Waals surface area contributed by atoms with Crippen molar-refractivity contribution in [1.82, 2.24) is 9.88 Å². The maximum Gasteiger partial charge on any atom is 0.419 e. The summed E-state index contributed by atoms with van der Waals surface area (Å²) in [6.45, 7) is 2.69. The Morgan fingerprint density at radius 3 is 2.94 bits per heavy atom. The number of nitrogens with zero attached hydrogens (tertiary/aromatic N) is 1. The van der Waals surface area contributed by atoms with Gasteiger partial charge in [-0.05, 0) is 24.1 Å². The molecular weight excluding hydrogens is 232 g/mol. The maximum absolute atomic E-state index is 11.6. The van der Waals surface area contributed by atoms with E-state index in [4.69, 9.17) is 4.42 Å². The molecule has 2 aromatic rings. The minimum Gasteiger partial charge on any atom is -0.408 e. The second-order valence-electron chi connectivity index (χ2n) is 4.26. The molecule has 96 valence electrons. The summed E-state index contributed by atoms with van der Waals surface area (Å²) in [5.74, 6) is -0.401. The van der Waals surface area contributed by atoms with Crippen molar-refractivity contribution in [1.29, 1.82) is 0 Å². The molecular formula is C13H16N2O3. The van der Waals surface area contributed by atoms with Crippen LogP contribution in [0.15, 0.2) is 27.4 Å². The number of oxazole rings is 1. The van der Waals surface area contributed by atoms with Gasteiger partial charge in [-0.1, -0.05) is 13.0 Å². The van der Waals surface area contributed by atoms with E-state index in [1.54, 1.807) is 19.2 Å². The molecule has 5 heteroatoms. The summed E-state index contributed by atoms with van der Waals surface area (Å²) >= 11 is 0. The Kier molecular flexibility index (Phi) is 3.50. The Morgan fingerprint density at radius 1 is 1.44 bits per heavy atom. The second-order valence-corrected chi connectivity index (χ2v) is 4.26. The number of carbonyl (C=O) groups excluding carboxylic acids is 1. The van der Waals surface area contributed by atoms with Gasteiger partial charge in [-0.15, -0.1) is 0 Å². The average Bonchev–Trinajstić information content (AvgIpc) is 2.63. The molecule has 0 aliphatic rings. The van der Waals surface area contributed by atoms with E-state index in [-0.39, 0.29) is 5.91 Å². The van der Waals surface area contributed by atoms with Crippen molar-refractivity contribution in [3.8, 4) is 0 Å². The van der Waals surface area contributed by atoms with Gasteiger partial charge in [0.15, 0.2) is 5.58 Å². The highest BCUT2D eigenvalue weighted by Gasteiger charge is 2.08. The smallest absolute Gasteiger partial charge is 0.408 e. The van der Waals surface area contributed by atoms with Gasteiger partial charge in [-0.25, -0.2) is 4.79 Å². The molecule has 0 saturated heterocycles. The third-order valence-electron chi connectivity index (χ3n) is 2.79. The van der Waals surface area contributed by atoms with Crippen molar-refractivity contribution < 1.29 is 9.21 Å². The van der Waals surface area contributed by atoms with Crippen molar-refractivity contribution >= 4 is 17.0 Å². The van der Waals surface area contributed by atoms with Gasteiger partial charge in [0.25, 0.3) is 0 Å². The van der Waals surface area contributed by atoms with Gasteiger partial charge >= 0.3 is 5.76 Å². The molecule has 0 unspecified atom stereocenters. The van der Waals surface area contributed by atoms with Crippen molar-refractivity contribution in [2.45, 2.75) is 19.8 Å². The summed E-state index contributed by atoms with van der Waals surface area (Å²) in [6, 6.07) is 5.34. The van der Waals surface area contributed by atoms with Crippen molar-refractivity contribution in [2.24, 2.45) is 7.05 Å². The molecule has 0 bridgehead atoms. The van der Waals surface area contributed by atoms with Gasteiger partial charge in [-0.3, -0.25) is 9.36 Å². The first-order valence-corrected chi connectivity index (χ1v) is 5.97. The number of nitrogens with one attached hydrogen (secondary N) is 1. The van der Waals surface area contributed by atoms with Crippen LogP contribution in [0.5, 0.6) is 0 Å². The molecule has 5 nitrogen and oxygen atoms in total. The van der Waals surface area contributed by atoms with Crippen LogP contribution in [0, 0.1) is 0 Å². The number of rotatable bonds is 4. The highest BCUT2D eigenvalue weighted by Crippen LogP contribution is 2.14. The van der Waals surface area contributed by atoms with Crippen LogP contribution in [0.1, 0.15) is 18.9 Å². The molecule has 0 aliphatic heterocycles. The van der Waals surface area contributed by atoms with Gasteiger partial charge in [0.1, 0.15) is 0 Å². The standard InChI is InChI=1S/C13H16N2O3/c1-3-6-14-12(16)8-9-4-5-11-10(7-9)15(2)13(17)18-11/h4-5,7H,3,6,8H2,1-2H3,(H,14,16). The van der Waals surface area contributed by atoms with E-state index >= 15 is 0 Å². The molecule has 1 aromatic heterocycles. The van der Waals surface area contributed by atoms with Crippen LogP contribution in [-0.4, -0.2) is 17.0 Å². The number of aryl methyl sites for hydroxylation is 1. The van der Waals surface area contributed by atoms with E-state index in [1.807, 2.05) is 13.0 Å². The predicted molar refractivity (Wildman–Crippen MR) is 68.5 cm³/mol. The molecule has 18 heavy (non-hydrogen) atoms. The van der Waals surface area contributed by atoms with Crippen LogP contribution < -0.4 is 11.1 Å². The topological polar surface area (TPSA) is 64.2 Å². The second kappa shape index (κ2) is 5.08. The quantitative estimate of drug-likeness (QED) is 0.884. The van der Waals surface area contributed by atoms with Crippen LogP contribution >= 0.6 is 0 Å². The maximum atomic E-state index is 11.6. The highest BCUT2D eigenvalue weighted by atomic mass is 16.4. The van der Waals surface area contributed by atoms with Gasteiger partial charge in [0, 0.05) is 13.6 Å². The van der Waals surface area contributed by atoms with Crippen molar-refractivity contribution in [2.75, 3.05) is 6.54 Å². The fraction of sp³-hybridized carbons (Fsp3) is 0.385. The highest BCUT2D eigenvalue weighted by molar-refractivity contribution is 5.81. The average molecular weight is 248 g/mol. The molecule has 0 spiro atoms. The van der Waals surface area contributed by atoms with E-state index in [1.165, 1.54) is 4.57 Å². The fourth-order valence-electron chi connectivity index (χ4n) is 1.79. The molecule has 1 amide bonds. The number of amides is 1. The molecule has 1 aromatic carbocycles. The molecule has 0 saturated carbocycles. The van der Waals surface area contributed by atoms with Gasteiger partial charge in [0.2, 0.25) is 5.91 Å². The first-order chi connectivity index (χ1) is 8.61. The lowest BCUT2D eigenvalue weighted by Gasteiger charge is -2.03. The molecule has 1 heterocycles. The minimum absolute atomic E-state index is 0.00954. The zero-order chi connectivity index (χ0) is 13.1. The zero-order valence-corrected chi connectivity index (χ0v) is 10.5. The molecule has 2 rings (SSSR count). The summed E-state index contributed by atoms with van der Waals surface area (Å²) in [4.78, 5) is 22.9. The predicted octanol–water partition coefficient (Wildman–Crippen LogP) is 1.20. The zero-order valence-electron chi connectivity index (χ0n) is 10.5. The summed E-state index contributed by atoms with van der Waals surface area (Å²) in [5, 5.41) is 2.82. The molecule has 0 aliphatic carbocycles. The number of hydrogen-bond acceptors (Lipinski definition) is 3. The van der Waals surface area contributed by atoms with E-state index in [0.29, 0.717) is 24.1 Å². The van der Waals surface area contributed by atoms with Gasteiger partial charge < -0.3 is 9.73 Å².